The summed E-state index contributed by atoms with van der Waals surface area (Å²) in [5.41, 5.74) is -0.240. The van der Waals surface area contributed by atoms with Crippen LogP contribution in [0.25, 0.3) is 0 Å². The number of likely N-dealkylation sites (tertiary alicyclic amines) is 1. The Bertz CT molecular complexity index is 666. The quantitative estimate of drug-likeness (QED) is 0.859. The molecule has 136 valence electrons. The largest absolute Gasteiger partial charge is 0.497 e. The second kappa shape index (κ2) is 7.01. The maximum atomic E-state index is 12.8. The number of piperidine rings is 1. The van der Waals surface area contributed by atoms with Gasteiger partial charge in [0.25, 0.3) is 5.91 Å². The van der Waals surface area contributed by atoms with E-state index < -0.39 is 17.7 Å². The fourth-order valence-electron chi connectivity index (χ4n) is 3.62. The molecule has 7 heteroatoms. The Morgan fingerprint density at radius 1 is 1.24 bits per heavy atom. The average molecular weight is 349 g/mol. The minimum absolute atomic E-state index is 0.0159. The molecule has 1 spiro atoms. The van der Waals surface area contributed by atoms with Crippen LogP contribution in [0.15, 0.2) is 18.2 Å². The first-order valence-electron chi connectivity index (χ1n) is 8.49. The van der Waals surface area contributed by atoms with Crippen molar-refractivity contribution in [1.82, 2.24) is 4.90 Å². The predicted octanol–water partition coefficient (Wildman–Crippen LogP) is 1.54. The van der Waals surface area contributed by atoms with Crippen molar-refractivity contribution in [1.29, 1.82) is 0 Å². The summed E-state index contributed by atoms with van der Waals surface area (Å²) in [7, 11) is 1.43. The number of carboxylic acids is 1. The molecule has 1 amide bonds. The Kier molecular flexibility index (Phi) is 4.96. The summed E-state index contributed by atoms with van der Waals surface area (Å²) in [4.78, 5) is 25.7. The fraction of sp³-hybridized carbons (Fsp3) is 0.556. The van der Waals surface area contributed by atoms with Crippen molar-refractivity contribution >= 4 is 11.9 Å². The molecule has 0 radical (unpaired) electrons. The van der Waals surface area contributed by atoms with Gasteiger partial charge in [0.1, 0.15) is 5.75 Å². The third-order valence-corrected chi connectivity index (χ3v) is 5.15. The van der Waals surface area contributed by atoms with Crippen LogP contribution in [0.3, 0.4) is 0 Å². The minimum Gasteiger partial charge on any atom is -0.497 e. The van der Waals surface area contributed by atoms with E-state index in [4.69, 9.17) is 9.47 Å². The highest BCUT2D eigenvalue weighted by molar-refractivity contribution is 5.98. The van der Waals surface area contributed by atoms with Crippen LogP contribution in [-0.4, -0.2) is 65.5 Å². The number of methoxy groups -OCH3 is 1. The maximum Gasteiger partial charge on any atom is 0.335 e. The van der Waals surface area contributed by atoms with Gasteiger partial charge in [0.05, 0.1) is 24.4 Å². The normalized spacial score (nSPS) is 22.6. The number of rotatable bonds is 3. The number of aliphatic hydroxyl groups is 1. The third-order valence-electron chi connectivity index (χ3n) is 5.15. The Balaban J connectivity index is 1.74. The van der Waals surface area contributed by atoms with E-state index in [9.17, 15) is 19.8 Å². The van der Waals surface area contributed by atoms with Crippen molar-refractivity contribution in [2.45, 2.75) is 37.4 Å². The zero-order valence-electron chi connectivity index (χ0n) is 14.2. The molecular weight excluding hydrogens is 326 g/mol. The van der Waals surface area contributed by atoms with Crippen molar-refractivity contribution in [2.24, 2.45) is 0 Å². The highest BCUT2D eigenvalue weighted by Gasteiger charge is 2.44. The molecule has 1 unspecified atom stereocenters. The molecule has 2 fully saturated rings. The molecule has 0 aliphatic carbocycles. The van der Waals surface area contributed by atoms with Crippen LogP contribution in [0.4, 0.5) is 0 Å². The molecule has 2 saturated heterocycles. The number of carbonyl (C=O) groups is 2. The number of aromatic carboxylic acids is 1. The number of benzene rings is 1. The SMILES string of the molecule is COc1cc(C(=O)O)cc(C(=O)N2CCC3(CC2)OCCCC3O)c1. The standard InChI is InChI=1S/C18H23NO6/c1-24-14-10-12(9-13(11-14)17(22)23)16(21)19-6-4-18(5-7-19)15(20)3-2-8-25-18/h9-11,15,20H,2-8H2,1H3,(H,22,23). The van der Waals surface area contributed by atoms with E-state index in [0.717, 1.165) is 12.8 Å². The lowest BCUT2D eigenvalue weighted by atomic mass is 9.82. The number of carboxylic acid groups (broad SMARTS) is 1. The summed E-state index contributed by atoms with van der Waals surface area (Å²) < 4.78 is 11.0. The van der Waals surface area contributed by atoms with Crippen LogP contribution >= 0.6 is 0 Å². The Labute approximate surface area is 146 Å². The van der Waals surface area contributed by atoms with E-state index in [1.807, 2.05) is 0 Å². The lowest BCUT2D eigenvalue weighted by Gasteiger charge is -2.46. The monoisotopic (exact) mass is 349 g/mol. The number of ether oxygens (including phenoxy) is 2. The molecule has 7 nitrogen and oxygen atoms in total. The number of nitrogens with zero attached hydrogens (tertiary/aromatic N) is 1. The topological polar surface area (TPSA) is 96.3 Å². The molecule has 1 atom stereocenters. The maximum absolute atomic E-state index is 12.8. The second-order valence-electron chi connectivity index (χ2n) is 6.62. The van der Waals surface area contributed by atoms with Crippen LogP contribution in [-0.2, 0) is 4.74 Å². The smallest absolute Gasteiger partial charge is 0.335 e. The lowest BCUT2D eigenvalue weighted by molar-refractivity contribution is -0.174. The highest BCUT2D eigenvalue weighted by atomic mass is 16.5. The first kappa shape index (κ1) is 17.7. The molecule has 0 bridgehead atoms. The number of amides is 1. The van der Waals surface area contributed by atoms with Crippen LogP contribution < -0.4 is 4.74 Å². The van der Waals surface area contributed by atoms with Gasteiger partial charge in [-0.3, -0.25) is 4.79 Å². The number of aliphatic hydroxyl groups excluding tert-OH is 1. The van der Waals surface area contributed by atoms with Crippen molar-refractivity contribution in [3.8, 4) is 5.75 Å². The number of carbonyl (C=O) groups excluding carboxylic acids is 1. The van der Waals surface area contributed by atoms with Crippen LogP contribution in [0.5, 0.6) is 5.75 Å². The Morgan fingerprint density at radius 2 is 1.92 bits per heavy atom. The summed E-state index contributed by atoms with van der Waals surface area (Å²) in [5.74, 6) is -1.01. The molecule has 0 saturated carbocycles. The summed E-state index contributed by atoms with van der Waals surface area (Å²) in [6, 6.07) is 4.30. The van der Waals surface area contributed by atoms with Gasteiger partial charge in [0, 0.05) is 25.3 Å². The zero-order chi connectivity index (χ0) is 18.0. The first-order chi connectivity index (χ1) is 11.9. The molecule has 2 heterocycles. The third kappa shape index (κ3) is 3.48. The highest BCUT2D eigenvalue weighted by Crippen LogP contribution is 2.35. The van der Waals surface area contributed by atoms with E-state index in [1.165, 1.54) is 19.2 Å². The minimum atomic E-state index is -1.11. The van der Waals surface area contributed by atoms with Crippen LogP contribution in [0, 0.1) is 0 Å². The number of hydrogen-bond donors (Lipinski definition) is 2. The predicted molar refractivity (Wildman–Crippen MR) is 89.0 cm³/mol. The summed E-state index contributed by atoms with van der Waals surface area (Å²) in [6.07, 6.45) is 2.25. The summed E-state index contributed by atoms with van der Waals surface area (Å²) in [6.45, 7) is 1.58. The Hall–Kier alpha value is -2.12. The van der Waals surface area contributed by atoms with Gasteiger partial charge in [0.2, 0.25) is 0 Å². The molecule has 2 N–H and O–H groups in total. The van der Waals surface area contributed by atoms with E-state index in [1.54, 1.807) is 11.0 Å². The van der Waals surface area contributed by atoms with E-state index >= 15 is 0 Å². The van der Waals surface area contributed by atoms with Crippen molar-refractivity contribution in [3.63, 3.8) is 0 Å². The fourth-order valence-corrected chi connectivity index (χ4v) is 3.62. The van der Waals surface area contributed by atoms with Gasteiger partial charge < -0.3 is 24.6 Å². The first-order valence-corrected chi connectivity index (χ1v) is 8.49. The molecule has 2 aliphatic heterocycles. The van der Waals surface area contributed by atoms with E-state index in [2.05, 4.69) is 0 Å². The molecular formula is C18H23NO6. The lowest BCUT2D eigenvalue weighted by Crippen LogP contribution is -2.56. The molecule has 25 heavy (non-hydrogen) atoms. The van der Waals surface area contributed by atoms with Gasteiger partial charge in [-0.05, 0) is 43.9 Å². The van der Waals surface area contributed by atoms with Crippen LogP contribution in [0.2, 0.25) is 0 Å². The van der Waals surface area contributed by atoms with Gasteiger partial charge in [-0.15, -0.1) is 0 Å². The summed E-state index contributed by atoms with van der Waals surface area (Å²) in [5, 5.41) is 19.5. The second-order valence-corrected chi connectivity index (χ2v) is 6.62. The number of hydrogen-bond acceptors (Lipinski definition) is 5. The molecule has 1 aromatic carbocycles. The van der Waals surface area contributed by atoms with Crippen molar-refractivity contribution in [3.05, 3.63) is 29.3 Å². The van der Waals surface area contributed by atoms with Crippen molar-refractivity contribution < 1.29 is 29.3 Å². The molecule has 0 aromatic heterocycles. The van der Waals surface area contributed by atoms with E-state index in [-0.39, 0.29) is 17.0 Å². The molecule has 3 rings (SSSR count). The summed E-state index contributed by atoms with van der Waals surface area (Å²) >= 11 is 0. The van der Waals surface area contributed by atoms with Crippen molar-refractivity contribution in [2.75, 3.05) is 26.8 Å². The van der Waals surface area contributed by atoms with Crippen LogP contribution in [0.1, 0.15) is 46.4 Å². The van der Waals surface area contributed by atoms with Gasteiger partial charge in [-0.1, -0.05) is 0 Å². The van der Waals surface area contributed by atoms with Gasteiger partial charge in [-0.2, -0.15) is 0 Å². The molecule has 2 aliphatic rings. The zero-order valence-corrected chi connectivity index (χ0v) is 14.2. The van der Waals surface area contributed by atoms with Gasteiger partial charge in [-0.25, -0.2) is 4.79 Å². The van der Waals surface area contributed by atoms with Gasteiger partial charge in [0.15, 0.2) is 0 Å². The molecule has 1 aromatic rings. The van der Waals surface area contributed by atoms with E-state index in [0.29, 0.717) is 38.3 Å². The average Bonchev–Trinajstić information content (AvgIpc) is 2.64. The van der Waals surface area contributed by atoms with Gasteiger partial charge >= 0.3 is 5.97 Å². The Morgan fingerprint density at radius 3 is 2.52 bits per heavy atom.